The van der Waals surface area contributed by atoms with Gasteiger partial charge in [-0.05, 0) is 50.9 Å². The maximum atomic E-state index is 12.1. The lowest BCUT2D eigenvalue weighted by Crippen LogP contribution is -2.34. The number of aliphatic carboxylic acids is 1. The average Bonchev–Trinajstić information content (AvgIpc) is 3.61. The van der Waals surface area contributed by atoms with Crippen LogP contribution in [0, 0.1) is 12.8 Å². The maximum Gasteiger partial charge on any atom is 0.308 e. The number of carbonyl (C=O) groups excluding carboxylic acids is 1. The Kier molecular flexibility index (Phi) is 10.8. The minimum absolute atomic E-state index is 0.0740. The zero-order valence-corrected chi connectivity index (χ0v) is 22.5. The topological polar surface area (TPSA) is 105 Å². The van der Waals surface area contributed by atoms with Crippen LogP contribution in [-0.2, 0) is 16.0 Å². The van der Waals surface area contributed by atoms with Gasteiger partial charge >= 0.3 is 5.97 Å². The Labute approximate surface area is 219 Å². The molecule has 1 aromatic heterocycles. The molecule has 9 heteroatoms. The zero-order chi connectivity index (χ0) is 26.8. The van der Waals surface area contributed by atoms with Crippen LogP contribution in [0.2, 0.25) is 0 Å². The number of carboxylic acid groups (broad SMARTS) is 1. The lowest BCUT2D eigenvalue weighted by molar-refractivity contribution is -0.143. The lowest BCUT2D eigenvalue weighted by atomic mass is 9.83. The molecule has 0 spiro atoms. The molecule has 4 rings (SSSR count). The number of fused-ring (bicyclic) bond motifs is 1. The van der Waals surface area contributed by atoms with Crippen LogP contribution >= 0.6 is 0 Å². The third-order valence-electron chi connectivity index (χ3n) is 7.08. The molecule has 0 saturated carbocycles. The number of unbranched alkanes of at least 4 members (excludes halogenated alkanes) is 2. The summed E-state index contributed by atoms with van der Waals surface area (Å²) in [5.41, 5.74) is 0.975. The van der Waals surface area contributed by atoms with E-state index in [2.05, 4.69) is 23.7 Å². The molecule has 2 aromatic rings. The number of benzene rings is 1. The molecule has 204 valence electrons. The second kappa shape index (κ2) is 14.0. The number of oxazole rings is 1. The van der Waals surface area contributed by atoms with Gasteiger partial charge in [-0.3, -0.25) is 9.59 Å². The number of rotatable bonds is 12. The molecule has 0 radical (unpaired) electrons. The van der Waals surface area contributed by atoms with Gasteiger partial charge < -0.3 is 28.8 Å². The van der Waals surface area contributed by atoms with E-state index < -0.39 is 11.9 Å². The van der Waals surface area contributed by atoms with Crippen LogP contribution in [0.3, 0.4) is 0 Å². The maximum absolute atomic E-state index is 12.1. The van der Waals surface area contributed by atoms with Crippen molar-refractivity contribution < 1.29 is 28.6 Å². The minimum atomic E-state index is -0.773. The van der Waals surface area contributed by atoms with E-state index >= 15 is 0 Å². The SMILES string of the molecule is CCCCN(C=O)CCCC.Cc1cnc(CCC2C(C(=O)O)C(c3ccc4c(c3)OCO4)CN2C)o1. The third kappa shape index (κ3) is 7.71. The van der Waals surface area contributed by atoms with Crippen molar-refractivity contribution in [3.8, 4) is 11.5 Å². The number of carbonyl (C=O) groups is 2. The Hall–Kier alpha value is -3.07. The fourth-order valence-corrected chi connectivity index (χ4v) is 5.02. The van der Waals surface area contributed by atoms with Crippen LogP contribution in [0.25, 0.3) is 0 Å². The predicted molar refractivity (Wildman–Crippen MR) is 140 cm³/mol. The fraction of sp³-hybridized carbons (Fsp3) is 0.607. The van der Waals surface area contributed by atoms with Gasteiger partial charge in [0.25, 0.3) is 0 Å². The molecule has 0 bridgehead atoms. The highest BCUT2D eigenvalue weighted by Crippen LogP contribution is 2.42. The quantitative estimate of drug-likeness (QED) is 0.412. The van der Waals surface area contributed by atoms with Crippen molar-refractivity contribution >= 4 is 12.4 Å². The number of hydrogen-bond donors (Lipinski definition) is 1. The summed E-state index contributed by atoms with van der Waals surface area (Å²) < 4.78 is 16.3. The van der Waals surface area contributed by atoms with Crippen LogP contribution in [0.1, 0.15) is 69.1 Å². The summed E-state index contributed by atoms with van der Waals surface area (Å²) in [6.45, 7) is 8.90. The van der Waals surface area contributed by atoms with Gasteiger partial charge in [-0.2, -0.15) is 0 Å². The van der Waals surface area contributed by atoms with Crippen LogP contribution in [0.4, 0.5) is 0 Å². The number of likely N-dealkylation sites (N-methyl/N-ethyl adjacent to an activating group) is 1. The Morgan fingerprint density at radius 2 is 1.89 bits per heavy atom. The number of amides is 1. The van der Waals surface area contributed by atoms with E-state index in [4.69, 9.17) is 13.9 Å². The highest BCUT2D eigenvalue weighted by Gasteiger charge is 2.45. The van der Waals surface area contributed by atoms with Crippen molar-refractivity contribution in [1.29, 1.82) is 0 Å². The van der Waals surface area contributed by atoms with Crippen molar-refractivity contribution in [3.63, 3.8) is 0 Å². The second-order valence-electron chi connectivity index (χ2n) is 9.84. The van der Waals surface area contributed by atoms with Crippen LogP contribution < -0.4 is 9.47 Å². The zero-order valence-electron chi connectivity index (χ0n) is 22.5. The smallest absolute Gasteiger partial charge is 0.308 e. The largest absolute Gasteiger partial charge is 0.481 e. The number of carboxylic acids is 1. The molecule has 1 amide bonds. The molecular formula is C28H41N3O6. The Balaban J connectivity index is 0.000000295. The van der Waals surface area contributed by atoms with Crippen molar-refractivity contribution in [2.45, 2.75) is 71.3 Å². The highest BCUT2D eigenvalue weighted by molar-refractivity contribution is 5.73. The first-order valence-corrected chi connectivity index (χ1v) is 13.3. The van der Waals surface area contributed by atoms with E-state index in [1.54, 1.807) is 6.20 Å². The first-order valence-electron chi connectivity index (χ1n) is 13.3. The number of likely N-dealkylation sites (tertiary alicyclic amines) is 1. The van der Waals surface area contributed by atoms with E-state index in [0.29, 0.717) is 36.8 Å². The number of aromatic nitrogens is 1. The Morgan fingerprint density at radius 3 is 2.49 bits per heavy atom. The van der Waals surface area contributed by atoms with E-state index in [1.807, 2.05) is 37.1 Å². The Morgan fingerprint density at radius 1 is 1.19 bits per heavy atom. The van der Waals surface area contributed by atoms with Gasteiger partial charge in [0.1, 0.15) is 5.76 Å². The third-order valence-corrected chi connectivity index (χ3v) is 7.08. The van der Waals surface area contributed by atoms with Crippen molar-refractivity contribution in [1.82, 2.24) is 14.8 Å². The highest BCUT2D eigenvalue weighted by atomic mass is 16.7. The van der Waals surface area contributed by atoms with E-state index in [-0.39, 0.29) is 18.8 Å². The first-order chi connectivity index (χ1) is 17.9. The molecule has 1 saturated heterocycles. The minimum Gasteiger partial charge on any atom is -0.481 e. The van der Waals surface area contributed by atoms with E-state index in [9.17, 15) is 14.7 Å². The molecule has 9 nitrogen and oxygen atoms in total. The summed E-state index contributed by atoms with van der Waals surface area (Å²) in [7, 11) is 1.98. The van der Waals surface area contributed by atoms with Crippen LogP contribution in [-0.4, -0.2) is 71.8 Å². The summed E-state index contributed by atoms with van der Waals surface area (Å²) >= 11 is 0. The molecule has 1 aromatic carbocycles. The molecule has 2 aliphatic heterocycles. The van der Waals surface area contributed by atoms with Gasteiger partial charge in [-0.15, -0.1) is 0 Å². The number of hydrogen-bond acceptors (Lipinski definition) is 7. The molecule has 0 aliphatic carbocycles. The summed E-state index contributed by atoms with van der Waals surface area (Å²) in [5.74, 6) is 1.47. The second-order valence-corrected chi connectivity index (χ2v) is 9.84. The molecule has 3 atom stereocenters. The normalized spacial score (nSPS) is 20.4. The molecular weight excluding hydrogens is 474 g/mol. The van der Waals surface area contributed by atoms with Gasteiger partial charge in [-0.25, -0.2) is 4.98 Å². The summed E-state index contributed by atoms with van der Waals surface area (Å²) in [6, 6.07) is 5.65. The summed E-state index contributed by atoms with van der Waals surface area (Å²) in [6.07, 6.45) is 8.55. The lowest BCUT2D eigenvalue weighted by Gasteiger charge is -2.23. The fourth-order valence-electron chi connectivity index (χ4n) is 5.02. The van der Waals surface area contributed by atoms with E-state index in [1.165, 1.54) is 0 Å². The van der Waals surface area contributed by atoms with Crippen LogP contribution in [0.15, 0.2) is 28.8 Å². The molecule has 1 fully saturated rings. The summed E-state index contributed by atoms with van der Waals surface area (Å²) in [5, 5.41) is 9.91. The molecule has 3 unspecified atom stereocenters. The van der Waals surface area contributed by atoms with Gasteiger partial charge in [0.2, 0.25) is 13.2 Å². The van der Waals surface area contributed by atoms with E-state index in [0.717, 1.165) is 56.5 Å². The van der Waals surface area contributed by atoms with Gasteiger partial charge in [0.05, 0.1) is 12.1 Å². The number of aryl methyl sites for hydroxylation is 2. The first kappa shape index (κ1) is 28.5. The molecule has 37 heavy (non-hydrogen) atoms. The van der Waals surface area contributed by atoms with Crippen molar-refractivity contribution in [3.05, 3.63) is 41.6 Å². The molecule has 1 N–H and O–H groups in total. The molecule has 2 aliphatic rings. The van der Waals surface area contributed by atoms with Gasteiger partial charge in [0.15, 0.2) is 17.4 Å². The Bertz CT molecular complexity index is 1000. The van der Waals surface area contributed by atoms with Crippen molar-refractivity contribution in [2.75, 3.05) is 33.5 Å². The monoisotopic (exact) mass is 515 g/mol. The molecule has 3 heterocycles. The summed E-state index contributed by atoms with van der Waals surface area (Å²) in [4.78, 5) is 30.7. The standard InChI is InChI=1S/C19H22N2O5.C9H19NO/c1-11-8-20-17(26-11)6-4-14-18(19(22)23)13(9-21(14)2)12-3-5-15-16(7-12)25-10-24-15;1-3-5-7-10(9-11)8-6-4-2/h3,5,7-8,13-14,18H,4,6,9-10H2,1-2H3,(H,22,23);9H,3-8H2,1-2H3. The number of ether oxygens (including phenoxy) is 2. The average molecular weight is 516 g/mol. The van der Waals surface area contributed by atoms with Gasteiger partial charge in [0, 0.05) is 38.0 Å². The number of nitrogens with zero attached hydrogens (tertiary/aromatic N) is 3. The van der Waals surface area contributed by atoms with Gasteiger partial charge in [-0.1, -0.05) is 32.8 Å². The van der Waals surface area contributed by atoms with Crippen molar-refractivity contribution in [2.24, 2.45) is 5.92 Å². The van der Waals surface area contributed by atoms with Crippen LogP contribution in [0.5, 0.6) is 11.5 Å². The predicted octanol–water partition coefficient (Wildman–Crippen LogP) is 4.49.